The zero-order valence-corrected chi connectivity index (χ0v) is 18.7. The number of hydrogen-bond donors (Lipinski definition) is 2. The molecule has 9 nitrogen and oxygen atoms in total. The van der Waals surface area contributed by atoms with Gasteiger partial charge in [0.2, 0.25) is 5.91 Å². The fraction of sp³-hybridized carbons (Fsp3) is 0.192. The minimum absolute atomic E-state index is 0.156. The molecule has 35 heavy (non-hydrogen) atoms. The number of rotatable bonds is 5. The van der Waals surface area contributed by atoms with Crippen molar-refractivity contribution >= 4 is 40.6 Å². The Morgan fingerprint density at radius 2 is 2.09 bits per heavy atom. The summed E-state index contributed by atoms with van der Waals surface area (Å²) >= 11 is 0. The molecule has 2 aliphatic rings. The molecule has 1 fully saturated rings. The van der Waals surface area contributed by atoms with E-state index in [1.807, 2.05) is 24.3 Å². The van der Waals surface area contributed by atoms with Gasteiger partial charge in [-0.15, -0.1) is 0 Å². The van der Waals surface area contributed by atoms with Gasteiger partial charge in [-0.05, 0) is 47.9 Å². The lowest BCUT2D eigenvalue weighted by Crippen LogP contribution is -2.45. The molecule has 9 heteroatoms. The van der Waals surface area contributed by atoms with Crippen molar-refractivity contribution in [1.29, 1.82) is 0 Å². The number of piperidine rings is 1. The molecule has 0 aliphatic carbocycles. The average molecular weight is 470 g/mol. The van der Waals surface area contributed by atoms with Crippen molar-refractivity contribution in [3.63, 3.8) is 0 Å². The van der Waals surface area contributed by atoms with Crippen LogP contribution in [0.5, 0.6) is 5.75 Å². The van der Waals surface area contributed by atoms with Gasteiger partial charge in [0.05, 0.1) is 17.2 Å². The third kappa shape index (κ3) is 4.35. The second-order valence-corrected chi connectivity index (χ2v) is 8.43. The van der Waals surface area contributed by atoms with E-state index in [0.717, 1.165) is 27.1 Å². The second-order valence-electron chi connectivity index (χ2n) is 8.43. The van der Waals surface area contributed by atoms with Crippen LogP contribution < -0.4 is 20.9 Å². The molecule has 3 aromatic rings. The molecule has 2 N–H and O–H groups in total. The quantitative estimate of drug-likeness (QED) is 0.552. The van der Waals surface area contributed by atoms with Gasteiger partial charge in [0.25, 0.3) is 17.4 Å². The molecule has 5 rings (SSSR count). The highest BCUT2D eigenvalue weighted by Crippen LogP contribution is 2.28. The summed E-state index contributed by atoms with van der Waals surface area (Å²) in [6.07, 6.45) is 5.44. The number of carbonyl (C=O) groups is 3. The van der Waals surface area contributed by atoms with Crippen molar-refractivity contribution in [2.45, 2.75) is 25.4 Å². The van der Waals surface area contributed by atoms with Gasteiger partial charge >= 0.3 is 0 Å². The molecular weight excluding hydrogens is 448 g/mol. The van der Waals surface area contributed by atoms with Gasteiger partial charge in [-0.3, -0.25) is 24.5 Å². The van der Waals surface area contributed by atoms with Crippen LogP contribution in [-0.2, 0) is 20.9 Å². The SMILES string of the molecule is C=Cc1ccc2c(c1)C=C(C(=O)NCc1ccc3c(=O)n(C4CCC(=O)NC4=O)ncc3c1)CO2. The molecule has 3 amide bonds. The standard InChI is InChI=1S/C26H22N4O5/c1-2-15-4-7-22-17(9-15)11-19(14-35-22)24(32)27-12-16-3-5-20-18(10-16)13-28-30(26(20)34)21-6-8-23(31)29-25(21)33/h2-5,7,9-11,13,21H,1,6,8,12,14H2,(H,27,32)(H,29,31,33). The molecule has 176 valence electrons. The summed E-state index contributed by atoms with van der Waals surface area (Å²) in [7, 11) is 0. The van der Waals surface area contributed by atoms with E-state index in [1.165, 1.54) is 6.20 Å². The van der Waals surface area contributed by atoms with Crippen LogP contribution in [0.25, 0.3) is 22.9 Å². The Bertz CT molecular complexity index is 1490. The molecule has 1 saturated heterocycles. The number of nitrogens with zero attached hydrogens (tertiary/aromatic N) is 2. The maximum absolute atomic E-state index is 12.9. The normalized spacial score (nSPS) is 17.1. The number of ether oxygens (including phenoxy) is 1. The van der Waals surface area contributed by atoms with E-state index in [2.05, 4.69) is 22.3 Å². The summed E-state index contributed by atoms with van der Waals surface area (Å²) in [6, 6.07) is 10.0. The third-order valence-corrected chi connectivity index (χ3v) is 6.11. The largest absolute Gasteiger partial charge is 0.488 e. The van der Waals surface area contributed by atoms with E-state index in [1.54, 1.807) is 24.3 Å². The monoisotopic (exact) mass is 470 g/mol. The first kappa shape index (κ1) is 22.3. The van der Waals surface area contributed by atoms with E-state index < -0.39 is 17.5 Å². The average Bonchev–Trinajstić information content (AvgIpc) is 2.87. The van der Waals surface area contributed by atoms with Gasteiger partial charge in [0.1, 0.15) is 18.4 Å². The summed E-state index contributed by atoms with van der Waals surface area (Å²) in [5.41, 5.74) is 2.65. The lowest BCUT2D eigenvalue weighted by atomic mass is 10.0. The molecule has 0 saturated carbocycles. The Labute approximate surface area is 200 Å². The maximum Gasteiger partial charge on any atom is 0.275 e. The fourth-order valence-electron chi connectivity index (χ4n) is 4.21. The van der Waals surface area contributed by atoms with Gasteiger partial charge in [-0.1, -0.05) is 24.8 Å². The number of hydrogen-bond acceptors (Lipinski definition) is 6. The lowest BCUT2D eigenvalue weighted by Gasteiger charge is -2.21. The van der Waals surface area contributed by atoms with Crippen molar-refractivity contribution in [1.82, 2.24) is 20.4 Å². The van der Waals surface area contributed by atoms with Crippen molar-refractivity contribution in [3.05, 3.63) is 81.8 Å². The number of benzene rings is 2. The molecule has 1 aromatic heterocycles. The molecule has 0 spiro atoms. The Morgan fingerprint density at radius 1 is 1.23 bits per heavy atom. The van der Waals surface area contributed by atoms with Gasteiger partial charge < -0.3 is 10.1 Å². The first-order valence-electron chi connectivity index (χ1n) is 11.1. The van der Waals surface area contributed by atoms with Crippen LogP contribution in [0.2, 0.25) is 0 Å². The van der Waals surface area contributed by atoms with E-state index in [4.69, 9.17) is 4.74 Å². The molecule has 1 unspecified atom stereocenters. The van der Waals surface area contributed by atoms with Crippen LogP contribution in [0.4, 0.5) is 0 Å². The molecule has 2 aliphatic heterocycles. The highest BCUT2D eigenvalue weighted by molar-refractivity contribution is 6.00. The Hall–Kier alpha value is -4.53. The van der Waals surface area contributed by atoms with Crippen molar-refractivity contribution in [2.24, 2.45) is 0 Å². The van der Waals surface area contributed by atoms with E-state index in [-0.39, 0.29) is 37.8 Å². The number of amides is 3. The molecular formula is C26H22N4O5. The van der Waals surface area contributed by atoms with Crippen LogP contribution in [-0.4, -0.2) is 34.1 Å². The molecule has 2 aromatic carbocycles. The molecule has 3 heterocycles. The lowest BCUT2D eigenvalue weighted by molar-refractivity contribution is -0.136. The topological polar surface area (TPSA) is 119 Å². The highest BCUT2D eigenvalue weighted by atomic mass is 16.5. The summed E-state index contributed by atoms with van der Waals surface area (Å²) in [6.45, 7) is 4.19. The predicted octanol–water partition coefficient (Wildman–Crippen LogP) is 2.11. The smallest absolute Gasteiger partial charge is 0.275 e. The Morgan fingerprint density at radius 3 is 2.89 bits per heavy atom. The van der Waals surface area contributed by atoms with E-state index in [0.29, 0.717) is 16.3 Å². The number of fused-ring (bicyclic) bond motifs is 2. The minimum atomic E-state index is -0.817. The zero-order chi connectivity index (χ0) is 24.5. The number of carbonyl (C=O) groups excluding carboxylic acids is 3. The molecule has 1 atom stereocenters. The fourth-order valence-corrected chi connectivity index (χ4v) is 4.21. The van der Waals surface area contributed by atoms with Crippen molar-refractivity contribution in [2.75, 3.05) is 6.61 Å². The van der Waals surface area contributed by atoms with Crippen LogP contribution in [0.1, 0.15) is 35.6 Å². The second kappa shape index (κ2) is 9.02. The maximum atomic E-state index is 12.9. The van der Waals surface area contributed by atoms with Gasteiger partial charge in [-0.2, -0.15) is 5.10 Å². The number of imide groups is 1. The summed E-state index contributed by atoms with van der Waals surface area (Å²) in [4.78, 5) is 49.2. The van der Waals surface area contributed by atoms with E-state index >= 15 is 0 Å². The van der Waals surface area contributed by atoms with Crippen LogP contribution >= 0.6 is 0 Å². The zero-order valence-electron chi connectivity index (χ0n) is 18.7. The van der Waals surface area contributed by atoms with E-state index in [9.17, 15) is 19.2 Å². The summed E-state index contributed by atoms with van der Waals surface area (Å²) < 4.78 is 6.82. The van der Waals surface area contributed by atoms with Gasteiger partial charge in [-0.25, -0.2) is 4.68 Å². The predicted molar refractivity (Wildman–Crippen MR) is 129 cm³/mol. The van der Waals surface area contributed by atoms with Gasteiger partial charge in [0.15, 0.2) is 0 Å². The Kier molecular flexibility index (Phi) is 5.74. The third-order valence-electron chi connectivity index (χ3n) is 6.11. The summed E-state index contributed by atoms with van der Waals surface area (Å²) in [5, 5.41) is 10.3. The first-order chi connectivity index (χ1) is 16.9. The number of nitrogens with one attached hydrogen (secondary N) is 2. The Balaban J connectivity index is 1.31. The van der Waals surface area contributed by atoms with Gasteiger partial charge in [0, 0.05) is 23.9 Å². The highest BCUT2D eigenvalue weighted by Gasteiger charge is 2.30. The van der Waals surface area contributed by atoms with Crippen LogP contribution in [0, 0.1) is 0 Å². The summed E-state index contributed by atoms with van der Waals surface area (Å²) in [5.74, 6) is -0.407. The van der Waals surface area contributed by atoms with Crippen molar-refractivity contribution in [3.8, 4) is 5.75 Å². The number of aromatic nitrogens is 2. The van der Waals surface area contributed by atoms with Crippen LogP contribution in [0.15, 0.2) is 59.5 Å². The first-order valence-corrected chi connectivity index (χ1v) is 11.1. The van der Waals surface area contributed by atoms with Crippen molar-refractivity contribution < 1.29 is 19.1 Å². The molecule has 0 radical (unpaired) electrons. The minimum Gasteiger partial charge on any atom is -0.488 e. The molecule has 0 bridgehead atoms. The van der Waals surface area contributed by atoms with Crippen LogP contribution in [0.3, 0.4) is 0 Å².